The van der Waals surface area contributed by atoms with Crippen LogP contribution in [0.4, 0.5) is 11.4 Å². The molecule has 6 rings (SSSR count). The Bertz CT molecular complexity index is 1730. The van der Waals surface area contributed by atoms with E-state index in [0.717, 1.165) is 62.7 Å². The van der Waals surface area contributed by atoms with Gasteiger partial charge in [0.25, 0.3) is 0 Å². The highest BCUT2D eigenvalue weighted by molar-refractivity contribution is 8.02. The zero-order valence-corrected chi connectivity index (χ0v) is 26.1. The monoisotopic (exact) mass is 626 g/mol. The molecule has 0 bridgehead atoms. The summed E-state index contributed by atoms with van der Waals surface area (Å²) in [6.07, 6.45) is 0. The second kappa shape index (κ2) is 12.7. The van der Waals surface area contributed by atoms with Gasteiger partial charge < -0.3 is 10.6 Å². The van der Waals surface area contributed by atoms with Crippen molar-refractivity contribution < 1.29 is 9.59 Å². The first kappa shape index (κ1) is 28.4. The SMILES string of the molecule is Cc1cc(NC(=O)CSc2nc3ccccc3s2)ccc1-c1ccc(NC(=O)CSc2nc3ccccc3s2)cc1C. The standard InChI is InChI=1S/C32H26N4O2S4/c1-19-15-21(33-29(37)17-39-31-35-25-7-3-5-9-27(25)41-31)11-13-23(19)24-14-12-22(16-20(24)2)34-30(38)18-40-32-36-26-8-4-6-10-28(26)42-32/h3-16H,17-18H2,1-2H3,(H,33,37)(H,34,38). The minimum atomic E-state index is -0.0658. The maximum atomic E-state index is 12.6. The van der Waals surface area contributed by atoms with Crippen LogP contribution >= 0.6 is 46.2 Å². The molecule has 0 fully saturated rings. The van der Waals surface area contributed by atoms with Gasteiger partial charge in [0.15, 0.2) is 8.68 Å². The summed E-state index contributed by atoms with van der Waals surface area (Å²) in [4.78, 5) is 34.4. The lowest BCUT2D eigenvalue weighted by molar-refractivity contribution is -0.114. The van der Waals surface area contributed by atoms with Crippen molar-refractivity contribution in [2.45, 2.75) is 22.5 Å². The number of thiazole rings is 2. The molecule has 0 atom stereocenters. The molecule has 4 aromatic carbocycles. The molecule has 2 heterocycles. The molecule has 2 aromatic heterocycles. The van der Waals surface area contributed by atoms with Crippen molar-refractivity contribution in [3.63, 3.8) is 0 Å². The van der Waals surface area contributed by atoms with E-state index in [1.165, 1.54) is 23.5 Å². The van der Waals surface area contributed by atoms with Crippen LogP contribution in [-0.2, 0) is 9.59 Å². The molecular weight excluding hydrogens is 601 g/mol. The van der Waals surface area contributed by atoms with E-state index in [4.69, 9.17) is 0 Å². The number of para-hydroxylation sites is 2. The van der Waals surface area contributed by atoms with E-state index >= 15 is 0 Å². The Morgan fingerprint density at radius 1 is 0.643 bits per heavy atom. The molecule has 42 heavy (non-hydrogen) atoms. The molecule has 2 amide bonds. The number of hydrogen-bond acceptors (Lipinski definition) is 8. The highest BCUT2D eigenvalue weighted by atomic mass is 32.2. The molecule has 10 heteroatoms. The van der Waals surface area contributed by atoms with Crippen molar-refractivity contribution in [2.75, 3.05) is 22.1 Å². The van der Waals surface area contributed by atoms with Gasteiger partial charge in [-0.25, -0.2) is 9.97 Å². The van der Waals surface area contributed by atoms with E-state index < -0.39 is 0 Å². The lowest BCUT2D eigenvalue weighted by Crippen LogP contribution is -2.14. The van der Waals surface area contributed by atoms with Gasteiger partial charge in [-0.2, -0.15) is 0 Å². The van der Waals surface area contributed by atoms with Crippen LogP contribution in [0.1, 0.15) is 11.1 Å². The van der Waals surface area contributed by atoms with E-state index in [2.05, 4.69) is 20.6 Å². The Morgan fingerprint density at radius 3 is 1.48 bits per heavy atom. The molecule has 2 N–H and O–H groups in total. The lowest BCUT2D eigenvalue weighted by atomic mass is 9.96. The Kier molecular flexibility index (Phi) is 8.57. The van der Waals surface area contributed by atoms with Crippen LogP contribution in [-0.4, -0.2) is 33.3 Å². The summed E-state index contributed by atoms with van der Waals surface area (Å²) in [6, 6.07) is 27.9. The fraction of sp³-hybridized carbons (Fsp3) is 0.125. The minimum absolute atomic E-state index is 0.0658. The molecular formula is C32H26N4O2S4. The Hall–Kier alpha value is -3.70. The van der Waals surface area contributed by atoms with Crippen LogP contribution in [0.5, 0.6) is 0 Å². The van der Waals surface area contributed by atoms with E-state index in [0.29, 0.717) is 11.5 Å². The largest absolute Gasteiger partial charge is 0.325 e. The van der Waals surface area contributed by atoms with Crippen LogP contribution < -0.4 is 10.6 Å². The first-order valence-electron chi connectivity index (χ1n) is 13.2. The topological polar surface area (TPSA) is 84.0 Å². The molecule has 0 spiro atoms. The number of aromatic nitrogens is 2. The van der Waals surface area contributed by atoms with Crippen molar-refractivity contribution in [3.05, 3.63) is 96.1 Å². The molecule has 0 aliphatic rings. The van der Waals surface area contributed by atoms with Crippen molar-refractivity contribution in [1.29, 1.82) is 0 Å². The number of thioether (sulfide) groups is 2. The number of aryl methyl sites for hydroxylation is 2. The van der Waals surface area contributed by atoms with Crippen molar-refractivity contribution in [1.82, 2.24) is 9.97 Å². The summed E-state index contributed by atoms with van der Waals surface area (Å²) in [6.45, 7) is 4.07. The van der Waals surface area contributed by atoms with Gasteiger partial charge in [-0.3, -0.25) is 9.59 Å². The Balaban J connectivity index is 1.04. The van der Waals surface area contributed by atoms with E-state index in [1.807, 2.05) is 98.8 Å². The molecule has 0 radical (unpaired) electrons. The predicted octanol–water partition coefficient (Wildman–Crippen LogP) is 8.65. The third-order valence-corrected chi connectivity index (χ3v) is 10.9. The maximum absolute atomic E-state index is 12.6. The molecule has 210 valence electrons. The summed E-state index contributed by atoms with van der Waals surface area (Å²) in [7, 11) is 0. The van der Waals surface area contributed by atoms with E-state index in [9.17, 15) is 9.59 Å². The van der Waals surface area contributed by atoms with Gasteiger partial charge in [0, 0.05) is 11.4 Å². The fourth-order valence-corrected chi connectivity index (χ4v) is 8.30. The van der Waals surface area contributed by atoms with Crippen LogP contribution in [0.25, 0.3) is 31.6 Å². The first-order valence-corrected chi connectivity index (χ1v) is 16.8. The van der Waals surface area contributed by atoms with Crippen LogP contribution in [0.15, 0.2) is 93.6 Å². The molecule has 0 saturated heterocycles. The number of carbonyl (C=O) groups excluding carboxylic acids is 2. The number of rotatable bonds is 9. The van der Waals surface area contributed by atoms with Gasteiger partial charge in [-0.1, -0.05) is 59.9 Å². The van der Waals surface area contributed by atoms with Crippen LogP contribution in [0, 0.1) is 13.8 Å². The second-order valence-electron chi connectivity index (χ2n) is 9.63. The third kappa shape index (κ3) is 6.68. The summed E-state index contributed by atoms with van der Waals surface area (Å²) in [5.41, 5.74) is 7.72. The Labute approximate surface area is 260 Å². The van der Waals surface area contributed by atoms with E-state index in [-0.39, 0.29) is 11.8 Å². The van der Waals surface area contributed by atoms with Gasteiger partial charge in [-0.15, -0.1) is 22.7 Å². The van der Waals surface area contributed by atoms with Crippen molar-refractivity contribution in [3.8, 4) is 11.1 Å². The van der Waals surface area contributed by atoms with Crippen LogP contribution in [0.3, 0.4) is 0 Å². The number of hydrogen-bond donors (Lipinski definition) is 2. The summed E-state index contributed by atoms with van der Waals surface area (Å²) >= 11 is 6.10. The van der Waals surface area contributed by atoms with E-state index in [1.54, 1.807) is 22.7 Å². The maximum Gasteiger partial charge on any atom is 0.234 e. The average Bonchev–Trinajstić information content (AvgIpc) is 3.59. The highest BCUT2D eigenvalue weighted by Crippen LogP contribution is 2.32. The highest BCUT2D eigenvalue weighted by Gasteiger charge is 2.12. The number of nitrogens with one attached hydrogen (secondary N) is 2. The van der Waals surface area contributed by atoms with Gasteiger partial charge in [0.05, 0.1) is 31.9 Å². The summed E-state index contributed by atoms with van der Waals surface area (Å²) < 4.78 is 4.02. The molecule has 6 aromatic rings. The molecule has 0 aliphatic carbocycles. The molecule has 0 aliphatic heterocycles. The van der Waals surface area contributed by atoms with Gasteiger partial charge in [0.1, 0.15) is 0 Å². The number of amides is 2. The summed E-state index contributed by atoms with van der Waals surface area (Å²) in [5, 5.41) is 6.01. The van der Waals surface area contributed by atoms with Crippen molar-refractivity contribution in [2.24, 2.45) is 0 Å². The first-order chi connectivity index (χ1) is 20.4. The molecule has 6 nitrogen and oxygen atoms in total. The van der Waals surface area contributed by atoms with Gasteiger partial charge in [-0.05, 0) is 84.6 Å². The quantitative estimate of drug-likeness (QED) is 0.156. The number of carbonyl (C=O) groups is 2. The number of benzene rings is 4. The second-order valence-corrected chi connectivity index (χ2v) is 14.1. The van der Waals surface area contributed by atoms with Crippen molar-refractivity contribution >= 4 is 89.8 Å². The third-order valence-electron chi connectivity index (χ3n) is 6.51. The zero-order chi connectivity index (χ0) is 29.1. The predicted molar refractivity (Wildman–Crippen MR) is 179 cm³/mol. The number of fused-ring (bicyclic) bond motifs is 2. The number of anilines is 2. The van der Waals surface area contributed by atoms with Gasteiger partial charge in [0.2, 0.25) is 11.8 Å². The average molecular weight is 627 g/mol. The molecule has 0 saturated carbocycles. The van der Waals surface area contributed by atoms with Crippen LogP contribution in [0.2, 0.25) is 0 Å². The fourth-order valence-electron chi connectivity index (χ4n) is 4.56. The van der Waals surface area contributed by atoms with Gasteiger partial charge >= 0.3 is 0 Å². The number of nitrogens with zero attached hydrogens (tertiary/aromatic N) is 2. The normalized spacial score (nSPS) is 11.2. The zero-order valence-electron chi connectivity index (χ0n) is 22.8. The summed E-state index contributed by atoms with van der Waals surface area (Å²) in [5.74, 6) is 0.464. The smallest absolute Gasteiger partial charge is 0.234 e. The minimum Gasteiger partial charge on any atom is -0.325 e. The lowest BCUT2D eigenvalue weighted by Gasteiger charge is -2.14. The Morgan fingerprint density at radius 2 is 1.07 bits per heavy atom. The molecule has 0 unspecified atom stereocenters.